The summed E-state index contributed by atoms with van der Waals surface area (Å²) in [4.78, 5) is 22.4. The molecule has 1 amide bonds. The molecular weight excluding hydrogens is 378 g/mol. The zero-order valence-corrected chi connectivity index (χ0v) is 15.6. The van der Waals surface area contributed by atoms with Crippen LogP contribution in [0.15, 0.2) is 53.6 Å². The predicted molar refractivity (Wildman–Crippen MR) is 105 cm³/mol. The largest absolute Gasteiger partial charge is 0.497 e. The number of hydrogen-bond donors (Lipinski definition) is 2. The molecule has 0 fully saturated rings. The summed E-state index contributed by atoms with van der Waals surface area (Å²) in [6.07, 6.45) is 1.38. The topological polar surface area (TPSA) is 132 Å². The zero-order chi connectivity index (χ0) is 20.8. The quantitative estimate of drug-likeness (QED) is 0.359. The molecule has 2 aromatic carbocycles. The first kappa shape index (κ1) is 19.5. The minimum atomic E-state index is -0.497. The summed E-state index contributed by atoms with van der Waals surface area (Å²) in [5.74, 6) is 0.715. The smallest absolute Gasteiger partial charge is 0.289 e. The van der Waals surface area contributed by atoms with E-state index in [9.17, 15) is 14.9 Å². The highest BCUT2D eigenvalue weighted by atomic mass is 16.6. The number of carbonyl (C=O) groups is 1. The average Bonchev–Trinajstić information content (AvgIpc) is 3.23. The third-order valence-corrected chi connectivity index (χ3v) is 3.99. The number of ether oxygens (including phenoxy) is 2. The molecule has 1 aromatic heterocycles. The van der Waals surface area contributed by atoms with E-state index in [1.54, 1.807) is 38.5 Å². The van der Waals surface area contributed by atoms with Gasteiger partial charge in [0.25, 0.3) is 11.6 Å². The summed E-state index contributed by atoms with van der Waals surface area (Å²) in [5, 5.41) is 21.3. The van der Waals surface area contributed by atoms with E-state index in [1.165, 1.54) is 30.5 Å². The lowest BCUT2D eigenvalue weighted by atomic mass is 10.1. The van der Waals surface area contributed by atoms with Crippen LogP contribution in [0.5, 0.6) is 11.5 Å². The lowest BCUT2D eigenvalue weighted by Gasteiger charge is -2.08. The minimum absolute atomic E-state index is 0.0239. The fourth-order valence-corrected chi connectivity index (χ4v) is 2.50. The maximum absolute atomic E-state index is 12.3. The van der Waals surface area contributed by atoms with E-state index in [0.717, 1.165) is 0 Å². The lowest BCUT2D eigenvalue weighted by Crippen LogP contribution is -2.17. The molecule has 0 atom stereocenters. The Balaban J connectivity index is 1.70. The van der Waals surface area contributed by atoms with Crippen molar-refractivity contribution in [3.05, 3.63) is 69.9 Å². The molecule has 1 heterocycles. The van der Waals surface area contributed by atoms with Crippen molar-refractivity contribution in [1.29, 1.82) is 0 Å². The second-order valence-electron chi connectivity index (χ2n) is 5.78. The van der Waals surface area contributed by atoms with Gasteiger partial charge in [0.05, 0.1) is 31.1 Å². The number of hydrazone groups is 1. The van der Waals surface area contributed by atoms with Crippen LogP contribution in [0.25, 0.3) is 11.3 Å². The molecule has 0 aliphatic carbocycles. The van der Waals surface area contributed by atoms with Crippen LogP contribution in [0.3, 0.4) is 0 Å². The standard InChI is InChI=1S/C19H17N5O5/c1-28-14-7-8-18(29-2)15(9-14)16-10-17(22-21-16)19(25)23-20-11-12-3-5-13(6-4-12)24(26)27/h3-11H,1-2H3,(H,21,22)(H,23,25)/b20-11-. The molecule has 148 valence electrons. The van der Waals surface area contributed by atoms with Gasteiger partial charge in [-0.05, 0) is 42.0 Å². The lowest BCUT2D eigenvalue weighted by molar-refractivity contribution is -0.384. The van der Waals surface area contributed by atoms with Crippen LogP contribution in [0.4, 0.5) is 5.69 Å². The molecule has 0 aliphatic heterocycles. The number of methoxy groups -OCH3 is 2. The summed E-state index contributed by atoms with van der Waals surface area (Å²) in [6, 6.07) is 12.6. The molecule has 0 bridgehead atoms. The Bertz CT molecular complexity index is 1060. The summed E-state index contributed by atoms with van der Waals surface area (Å²) < 4.78 is 10.5. The van der Waals surface area contributed by atoms with E-state index < -0.39 is 10.8 Å². The monoisotopic (exact) mass is 395 g/mol. The number of nitrogens with zero attached hydrogens (tertiary/aromatic N) is 3. The number of hydrogen-bond acceptors (Lipinski definition) is 7. The van der Waals surface area contributed by atoms with Gasteiger partial charge in [0.2, 0.25) is 0 Å². The Morgan fingerprint density at radius 2 is 1.93 bits per heavy atom. The second-order valence-corrected chi connectivity index (χ2v) is 5.78. The molecular formula is C19H17N5O5. The number of rotatable bonds is 7. The van der Waals surface area contributed by atoms with Crippen molar-refractivity contribution < 1.29 is 19.2 Å². The number of nitro benzene ring substituents is 1. The van der Waals surface area contributed by atoms with Crippen molar-refractivity contribution in [3.8, 4) is 22.8 Å². The van der Waals surface area contributed by atoms with Gasteiger partial charge in [0.15, 0.2) is 0 Å². The molecule has 3 rings (SSSR count). The van der Waals surface area contributed by atoms with Gasteiger partial charge in [-0.2, -0.15) is 10.2 Å². The maximum atomic E-state index is 12.3. The number of nitro groups is 1. The van der Waals surface area contributed by atoms with Crippen molar-refractivity contribution in [3.63, 3.8) is 0 Å². The van der Waals surface area contributed by atoms with Crippen molar-refractivity contribution in [2.24, 2.45) is 5.10 Å². The third-order valence-electron chi connectivity index (χ3n) is 3.99. The molecule has 0 aliphatic rings. The van der Waals surface area contributed by atoms with Crippen LogP contribution in [0.1, 0.15) is 16.1 Å². The first-order valence-corrected chi connectivity index (χ1v) is 8.37. The van der Waals surface area contributed by atoms with Gasteiger partial charge in [-0.15, -0.1) is 0 Å². The van der Waals surface area contributed by atoms with Crippen LogP contribution >= 0.6 is 0 Å². The minimum Gasteiger partial charge on any atom is -0.497 e. The predicted octanol–water partition coefficient (Wildman–Crippen LogP) is 2.77. The van der Waals surface area contributed by atoms with E-state index >= 15 is 0 Å². The molecule has 3 aromatic rings. The molecule has 0 radical (unpaired) electrons. The summed E-state index contributed by atoms with van der Waals surface area (Å²) >= 11 is 0. The first-order chi connectivity index (χ1) is 14.0. The van der Waals surface area contributed by atoms with Crippen LogP contribution in [0, 0.1) is 10.1 Å². The van der Waals surface area contributed by atoms with Crippen molar-refractivity contribution in [2.45, 2.75) is 0 Å². The van der Waals surface area contributed by atoms with Crippen molar-refractivity contribution in [2.75, 3.05) is 14.2 Å². The number of non-ortho nitro benzene ring substituents is 1. The van der Waals surface area contributed by atoms with Crippen LogP contribution in [-0.4, -0.2) is 41.5 Å². The molecule has 0 spiro atoms. The maximum Gasteiger partial charge on any atom is 0.289 e. The SMILES string of the molecule is COc1ccc(OC)c(-c2cc(C(=O)N/N=C\c3ccc([N+](=O)[O-])cc3)[nH]n2)c1. The Labute approximate surface area is 165 Å². The summed E-state index contributed by atoms with van der Waals surface area (Å²) in [5.41, 5.74) is 4.31. The first-order valence-electron chi connectivity index (χ1n) is 8.37. The molecule has 10 nitrogen and oxygen atoms in total. The van der Waals surface area contributed by atoms with Crippen LogP contribution < -0.4 is 14.9 Å². The van der Waals surface area contributed by atoms with E-state index in [0.29, 0.717) is 28.3 Å². The number of amides is 1. The Morgan fingerprint density at radius 3 is 2.59 bits per heavy atom. The highest BCUT2D eigenvalue weighted by Crippen LogP contribution is 2.32. The fraction of sp³-hybridized carbons (Fsp3) is 0.105. The van der Waals surface area contributed by atoms with Crippen molar-refractivity contribution in [1.82, 2.24) is 15.6 Å². The highest BCUT2D eigenvalue weighted by Gasteiger charge is 2.14. The van der Waals surface area contributed by atoms with Gasteiger partial charge in [-0.1, -0.05) is 0 Å². The summed E-state index contributed by atoms with van der Waals surface area (Å²) in [6.45, 7) is 0. The van der Waals surface area contributed by atoms with Crippen LogP contribution in [-0.2, 0) is 0 Å². The van der Waals surface area contributed by atoms with Gasteiger partial charge >= 0.3 is 0 Å². The van der Waals surface area contributed by atoms with E-state index in [2.05, 4.69) is 20.7 Å². The average molecular weight is 395 g/mol. The number of aromatic nitrogens is 2. The van der Waals surface area contributed by atoms with E-state index in [-0.39, 0.29) is 11.4 Å². The van der Waals surface area contributed by atoms with Gasteiger partial charge in [0.1, 0.15) is 17.2 Å². The number of carbonyl (C=O) groups excluding carboxylic acids is 1. The van der Waals surface area contributed by atoms with E-state index in [4.69, 9.17) is 9.47 Å². The van der Waals surface area contributed by atoms with Crippen molar-refractivity contribution >= 4 is 17.8 Å². The van der Waals surface area contributed by atoms with Gasteiger partial charge in [0, 0.05) is 17.7 Å². The zero-order valence-electron chi connectivity index (χ0n) is 15.6. The Morgan fingerprint density at radius 1 is 1.17 bits per heavy atom. The molecule has 2 N–H and O–H groups in total. The highest BCUT2D eigenvalue weighted by molar-refractivity contribution is 5.94. The molecule has 0 saturated carbocycles. The van der Waals surface area contributed by atoms with Crippen LogP contribution in [0.2, 0.25) is 0 Å². The Hall–Kier alpha value is -4.21. The van der Waals surface area contributed by atoms with E-state index in [1.807, 2.05) is 0 Å². The number of aromatic amines is 1. The van der Waals surface area contributed by atoms with Gasteiger partial charge in [-0.3, -0.25) is 20.0 Å². The molecule has 0 unspecified atom stereocenters. The Kier molecular flexibility index (Phi) is 5.83. The molecule has 10 heteroatoms. The third kappa shape index (κ3) is 4.56. The van der Waals surface area contributed by atoms with Gasteiger partial charge < -0.3 is 9.47 Å². The normalized spacial score (nSPS) is 10.7. The number of H-pyrrole nitrogens is 1. The second kappa shape index (κ2) is 8.65. The fourth-order valence-electron chi connectivity index (χ4n) is 2.50. The summed E-state index contributed by atoms with van der Waals surface area (Å²) in [7, 11) is 3.09. The van der Waals surface area contributed by atoms with Gasteiger partial charge in [-0.25, -0.2) is 5.43 Å². The number of benzene rings is 2. The molecule has 29 heavy (non-hydrogen) atoms. The number of nitrogens with one attached hydrogen (secondary N) is 2. The molecule has 0 saturated heterocycles.